The zero-order chi connectivity index (χ0) is 42.6. The molecule has 16 atom stereocenters. The van der Waals surface area contributed by atoms with E-state index in [1.807, 2.05) is 0 Å². The van der Waals surface area contributed by atoms with E-state index in [-0.39, 0.29) is 6.42 Å². The fourth-order valence-electron chi connectivity index (χ4n) is 6.56. The molecule has 0 saturated carbocycles. The maximum Gasteiger partial charge on any atom is 0.305 e. The van der Waals surface area contributed by atoms with Gasteiger partial charge in [0.1, 0.15) is 86.0 Å². The molecule has 3 aliphatic rings. The molecule has 0 aromatic rings. The number of hydrogen-bond donors (Lipinski definition) is 11. The first kappa shape index (κ1) is 50.6. The first-order valence-electron chi connectivity index (χ1n) is 20.5. The molecule has 3 saturated heterocycles. The zero-order valence-corrected chi connectivity index (χ0v) is 33.3. The number of aliphatic hydroxyl groups is 11. The van der Waals surface area contributed by atoms with Gasteiger partial charge in [0, 0.05) is 6.42 Å². The first-order chi connectivity index (χ1) is 27.8. The van der Waals surface area contributed by atoms with Crippen molar-refractivity contribution < 1.29 is 94.1 Å². The van der Waals surface area contributed by atoms with E-state index in [0.717, 1.165) is 44.9 Å². The smallest absolute Gasteiger partial charge is 0.305 e. The molecule has 3 rings (SSSR count). The number of unbranched alkanes of at least 4 members (excludes halogenated alkanes) is 8. The number of allylic oxidation sites excluding steroid dienone is 4. The van der Waals surface area contributed by atoms with Gasteiger partial charge in [-0.05, 0) is 38.5 Å². The Morgan fingerprint density at radius 3 is 1.52 bits per heavy atom. The number of aliphatic hydroxyl groups excluding tert-OH is 11. The van der Waals surface area contributed by atoms with E-state index in [0.29, 0.717) is 6.42 Å². The van der Waals surface area contributed by atoms with Crippen molar-refractivity contribution in [2.24, 2.45) is 0 Å². The van der Waals surface area contributed by atoms with Gasteiger partial charge in [0.15, 0.2) is 18.9 Å². The molecule has 0 aliphatic carbocycles. The number of carbonyl (C=O) groups is 1. The topological polar surface area (TPSA) is 304 Å². The molecule has 3 aliphatic heterocycles. The summed E-state index contributed by atoms with van der Waals surface area (Å²) in [6, 6.07) is 0. The quantitative estimate of drug-likeness (QED) is 0.0259. The standard InChI is InChI=1S/C39H68O19/c1-2-3-4-5-6-7-8-9-10-11-12-13-14-15-16-17-27(42)52-19-23(41)20-53-37-35(50)32(47)29(44)25(57-37)22-55-39-36(51)33(48)30(45)26(58-39)21-54-38-34(49)31(46)28(43)24(18-40)56-38/h6-7,9-10,23-26,28-41,43-51H,2-5,8,11-22H2,1H3/b7-6-,10-9-/t23?,24-,25-,26-,28+,29+,30+,31+,32+,33+,34-,35-,36-,37+,38-,39-/m1/s1. The number of rotatable bonds is 26. The Morgan fingerprint density at radius 2 is 1.00 bits per heavy atom. The molecular formula is C39H68O19. The monoisotopic (exact) mass is 840 g/mol. The van der Waals surface area contributed by atoms with Crippen LogP contribution in [0.25, 0.3) is 0 Å². The minimum absolute atomic E-state index is 0.190. The lowest BCUT2D eigenvalue weighted by Crippen LogP contribution is -2.62. The zero-order valence-electron chi connectivity index (χ0n) is 33.3. The molecule has 0 aromatic heterocycles. The van der Waals surface area contributed by atoms with Crippen LogP contribution in [-0.2, 0) is 38.0 Å². The van der Waals surface area contributed by atoms with Gasteiger partial charge in [0.25, 0.3) is 0 Å². The second-order valence-corrected chi connectivity index (χ2v) is 15.0. The Kier molecular flexibility index (Phi) is 23.8. The van der Waals surface area contributed by atoms with Crippen molar-refractivity contribution in [1.29, 1.82) is 0 Å². The summed E-state index contributed by atoms with van der Waals surface area (Å²) in [5.74, 6) is -0.484. The molecule has 19 heteroatoms. The van der Waals surface area contributed by atoms with Gasteiger partial charge in [-0.25, -0.2) is 0 Å². The minimum Gasteiger partial charge on any atom is -0.463 e. The molecule has 0 amide bonds. The lowest BCUT2D eigenvalue weighted by Gasteiger charge is -2.43. The van der Waals surface area contributed by atoms with E-state index < -0.39 is 137 Å². The molecule has 3 heterocycles. The Balaban J connectivity index is 1.34. The molecule has 0 radical (unpaired) electrons. The van der Waals surface area contributed by atoms with Gasteiger partial charge in [-0.1, -0.05) is 63.3 Å². The van der Waals surface area contributed by atoms with Crippen LogP contribution < -0.4 is 0 Å². The molecule has 0 bridgehead atoms. The predicted molar refractivity (Wildman–Crippen MR) is 201 cm³/mol. The largest absolute Gasteiger partial charge is 0.463 e. The average Bonchev–Trinajstić information content (AvgIpc) is 3.21. The molecule has 11 N–H and O–H groups in total. The van der Waals surface area contributed by atoms with Crippen LogP contribution in [0.2, 0.25) is 0 Å². The molecule has 58 heavy (non-hydrogen) atoms. The van der Waals surface area contributed by atoms with Crippen LogP contribution in [0.5, 0.6) is 0 Å². The molecule has 3 fully saturated rings. The normalized spacial score (nSPS) is 36.4. The highest BCUT2D eigenvalue weighted by atomic mass is 16.7. The van der Waals surface area contributed by atoms with E-state index in [1.54, 1.807) is 0 Å². The van der Waals surface area contributed by atoms with Crippen molar-refractivity contribution in [3.8, 4) is 0 Å². The van der Waals surface area contributed by atoms with Crippen molar-refractivity contribution in [1.82, 2.24) is 0 Å². The number of ether oxygens (including phenoxy) is 7. The van der Waals surface area contributed by atoms with Crippen LogP contribution in [0.15, 0.2) is 24.3 Å². The first-order valence-corrected chi connectivity index (χ1v) is 20.5. The maximum atomic E-state index is 12.2. The van der Waals surface area contributed by atoms with Crippen LogP contribution in [0.3, 0.4) is 0 Å². The van der Waals surface area contributed by atoms with Gasteiger partial charge < -0.3 is 89.3 Å². The summed E-state index contributed by atoms with van der Waals surface area (Å²) >= 11 is 0. The van der Waals surface area contributed by atoms with Gasteiger partial charge in [-0.3, -0.25) is 4.79 Å². The van der Waals surface area contributed by atoms with E-state index in [2.05, 4.69) is 31.2 Å². The Morgan fingerprint density at radius 1 is 0.552 bits per heavy atom. The van der Waals surface area contributed by atoms with Crippen molar-refractivity contribution in [2.75, 3.05) is 33.0 Å². The third-order valence-corrected chi connectivity index (χ3v) is 10.3. The van der Waals surface area contributed by atoms with Gasteiger partial charge in [-0.2, -0.15) is 0 Å². The molecule has 0 spiro atoms. The third-order valence-electron chi connectivity index (χ3n) is 10.3. The maximum absolute atomic E-state index is 12.2. The fourth-order valence-corrected chi connectivity index (χ4v) is 6.56. The van der Waals surface area contributed by atoms with Crippen LogP contribution in [0, 0.1) is 0 Å². The van der Waals surface area contributed by atoms with Gasteiger partial charge in [0.2, 0.25) is 0 Å². The lowest BCUT2D eigenvalue weighted by atomic mass is 9.98. The van der Waals surface area contributed by atoms with Crippen molar-refractivity contribution in [2.45, 2.75) is 182 Å². The van der Waals surface area contributed by atoms with E-state index in [9.17, 15) is 61.0 Å². The van der Waals surface area contributed by atoms with Crippen LogP contribution in [0.1, 0.15) is 84.0 Å². The number of esters is 1. The predicted octanol–water partition coefficient (Wildman–Crippen LogP) is -1.83. The summed E-state index contributed by atoms with van der Waals surface area (Å²) in [5, 5.41) is 113. The summed E-state index contributed by atoms with van der Waals surface area (Å²) in [5.41, 5.74) is 0. The summed E-state index contributed by atoms with van der Waals surface area (Å²) < 4.78 is 37.8. The summed E-state index contributed by atoms with van der Waals surface area (Å²) in [7, 11) is 0. The Bertz CT molecular complexity index is 1180. The summed E-state index contributed by atoms with van der Waals surface area (Å²) in [4.78, 5) is 12.2. The van der Waals surface area contributed by atoms with Gasteiger partial charge >= 0.3 is 5.97 Å². The highest BCUT2D eigenvalue weighted by Crippen LogP contribution is 2.28. The molecule has 338 valence electrons. The van der Waals surface area contributed by atoms with Gasteiger partial charge in [0.05, 0.1) is 26.4 Å². The summed E-state index contributed by atoms with van der Waals surface area (Å²) in [6.07, 6.45) is -5.59. The minimum atomic E-state index is -1.85. The third kappa shape index (κ3) is 16.3. The van der Waals surface area contributed by atoms with Crippen molar-refractivity contribution >= 4 is 5.97 Å². The highest BCUT2D eigenvalue weighted by Gasteiger charge is 2.49. The van der Waals surface area contributed by atoms with Crippen LogP contribution in [-0.4, -0.2) is 193 Å². The fraction of sp³-hybridized carbons (Fsp3) is 0.872. The van der Waals surface area contributed by atoms with E-state index in [1.165, 1.54) is 19.3 Å². The SMILES string of the molecule is CCCCC/C=C\C/C=C\CCCCCCCC(=O)OCC(O)CO[C@H]1O[C@H](CO[C@@H]2O[C@H](CO[C@@H]3O[C@H](CO)[C@H](O)[C@H](O)[C@H]3O)[C@H](O)[C@H](O)[C@H]2O)[C@H](O)[C@H](O)[C@H]1O. The second-order valence-electron chi connectivity index (χ2n) is 15.0. The van der Waals surface area contributed by atoms with Crippen molar-refractivity contribution in [3.05, 3.63) is 24.3 Å². The highest BCUT2D eigenvalue weighted by molar-refractivity contribution is 5.69. The number of hydrogen-bond acceptors (Lipinski definition) is 19. The lowest BCUT2D eigenvalue weighted by molar-refractivity contribution is -0.343. The van der Waals surface area contributed by atoms with Crippen molar-refractivity contribution in [3.63, 3.8) is 0 Å². The van der Waals surface area contributed by atoms with Gasteiger partial charge in [-0.15, -0.1) is 0 Å². The average molecular weight is 841 g/mol. The van der Waals surface area contributed by atoms with E-state index >= 15 is 0 Å². The molecular weight excluding hydrogens is 772 g/mol. The van der Waals surface area contributed by atoms with E-state index in [4.69, 9.17) is 33.2 Å². The Hall–Kier alpha value is -1.73. The van der Waals surface area contributed by atoms with Crippen LogP contribution in [0.4, 0.5) is 0 Å². The molecule has 1 unspecified atom stereocenters. The second kappa shape index (κ2) is 27.3. The molecule has 0 aromatic carbocycles. The number of carbonyl (C=O) groups excluding carboxylic acids is 1. The molecule has 19 nitrogen and oxygen atoms in total. The van der Waals surface area contributed by atoms with Crippen LogP contribution >= 0.6 is 0 Å². The Labute approximate surface area is 339 Å². The summed E-state index contributed by atoms with van der Waals surface area (Å²) in [6.45, 7) is -0.626.